The first-order valence-electron chi connectivity index (χ1n) is 11.8. The monoisotopic (exact) mass is 449 g/mol. The molecule has 1 N–H and O–H groups in total. The Bertz CT molecular complexity index is 1110. The first-order valence-corrected chi connectivity index (χ1v) is 12.7. The van der Waals surface area contributed by atoms with Crippen molar-refractivity contribution in [2.75, 3.05) is 0 Å². The van der Waals surface area contributed by atoms with Gasteiger partial charge in [0.1, 0.15) is 11.2 Å². The predicted molar refractivity (Wildman–Crippen MR) is 129 cm³/mol. The van der Waals surface area contributed by atoms with Crippen LogP contribution in [0.15, 0.2) is 47.8 Å². The number of amides is 2. The zero-order chi connectivity index (χ0) is 22.1. The number of nitrogens with one attached hydrogen (secondary N) is 1. The summed E-state index contributed by atoms with van der Waals surface area (Å²) in [6, 6.07) is 14.2. The molecule has 0 radical (unpaired) electrons. The highest BCUT2D eigenvalue weighted by Crippen LogP contribution is 2.35. The van der Waals surface area contributed by atoms with Gasteiger partial charge in [0.15, 0.2) is 0 Å². The number of hydrogen-bond acceptors (Lipinski definition) is 3. The molecule has 3 heterocycles. The minimum absolute atomic E-state index is 0.0323. The van der Waals surface area contributed by atoms with Gasteiger partial charge in [0.25, 0.3) is 5.91 Å². The van der Waals surface area contributed by atoms with Crippen molar-refractivity contribution in [3.05, 3.63) is 59.1 Å². The molecule has 0 unspecified atom stereocenters. The van der Waals surface area contributed by atoms with E-state index in [0.717, 1.165) is 41.5 Å². The molecule has 0 spiro atoms. The van der Waals surface area contributed by atoms with Crippen molar-refractivity contribution in [1.82, 2.24) is 14.8 Å². The highest BCUT2D eigenvalue weighted by atomic mass is 32.1. The summed E-state index contributed by atoms with van der Waals surface area (Å²) < 4.78 is 3.14. The van der Waals surface area contributed by atoms with Crippen LogP contribution in [0.3, 0.4) is 0 Å². The molecule has 0 saturated heterocycles. The number of carbonyl (C=O) groups is 2. The molecule has 2 amide bonds. The minimum Gasteiger partial charge on any atom is -0.351 e. The highest BCUT2D eigenvalue weighted by molar-refractivity contribution is 7.17. The molecule has 6 heteroatoms. The molecular weight excluding hydrogens is 418 g/mol. The Hall–Kier alpha value is -2.60. The van der Waals surface area contributed by atoms with Crippen molar-refractivity contribution in [3.63, 3.8) is 0 Å². The third-order valence-corrected chi connectivity index (χ3v) is 8.01. The Morgan fingerprint density at radius 1 is 1.09 bits per heavy atom. The van der Waals surface area contributed by atoms with E-state index in [0.29, 0.717) is 18.8 Å². The zero-order valence-electron chi connectivity index (χ0n) is 18.7. The van der Waals surface area contributed by atoms with Gasteiger partial charge in [-0.1, -0.05) is 62.4 Å². The molecule has 168 valence electrons. The standard InChI is InChI=1S/C26H31N3O2S/c1-26(25(31)27-20-12-8-3-2-4-9-13-20)18-28-21-14-15-32-23(21)16-22(28)24(30)29(26)17-19-10-6-5-7-11-19/h5-7,10-11,14-16,20H,2-4,8-9,12-13,17-18H2,1H3,(H,27,31)/t26-/m0/s1. The van der Waals surface area contributed by atoms with Crippen molar-refractivity contribution < 1.29 is 9.59 Å². The average molecular weight is 450 g/mol. The van der Waals surface area contributed by atoms with Gasteiger partial charge in [0.05, 0.1) is 16.8 Å². The van der Waals surface area contributed by atoms with Gasteiger partial charge >= 0.3 is 0 Å². The van der Waals surface area contributed by atoms with Crippen molar-refractivity contribution in [3.8, 4) is 0 Å². The Balaban J connectivity index is 1.49. The quantitative estimate of drug-likeness (QED) is 0.584. The third-order valence-electron chi connectivity index (χ3n) is 7.16. The molecule has 1 aromatic carbocycles. The fraction of sp³-hybridized carbons (Fsp3) is 0.462. The van der Waals surface area contributed by atoms with Crippen LogP contribution in [0.4, 0.5) is 0 Å². The molecule has 5 rings (SSSR count). The van der Waals surface area contributed by atoms with Gasteiger partial charge in [-0.15, -0.1) is 11.3 Å². The molecule has 0 bridgehead atoms. The Kier molecular flexibility index (Phi) is 5.80. The Labute approximate surface area is 193 Å². The van der Waals surface area contributed by atoms with Gasteiger partial charge in [0.2, 0.25) is 5.91 Å². The summed E-state index contributed by atoms with van der Waals surface area (Å²) in [4.78, 5) is 29.3. The summed E-state index contributed by atoms with van der Waals surface area (Å²) in [7, 11) is 0. The lowest BCUT2D eigenvalue weighted by atomic mass is 9.91. The molecule has 3 aromatic rings. The van der Waals surface area contributed by atoms with Crippen molar-refractivity contribution in [2.45, 2.75) is 76.5 Å². The van der Waals surface area contributed by atoms with E-state index >= 15 is 0 Å². The lowest BCUT2D eigenvalue weighted by Gasteiger charge is -2.44. The summed E-state index contributed by atoms with van der Waals surface area (Å²) >= 11 is 1.64. The van der Waals surface area contributed by atoms with E-state index < -0.39 is 5.54 Å². The largest absolute Gasteiger partial charge is 0.351 e. The smallest absolute Gasteiger partial charge is 0.271 e. The van der Waals surface area contributed by atoms with Crippen LogP contribution in [0.1, 0.15) is 67.9 Å². The van der Waals surface area contributed by atoms with Crippen LogP contribution in [-0.4, -0.2) is 32.9 Å². The maximum absolute atomic E-state index is 13.8. The number of carbonyl (C=O) groups excluding carboxylic acids is 2. The number of fused-ring (bicyclic) bond motifs is 3. The molecule has 1 aliphatic heterocycles. The summed E-state index contributed by atoms with van der Waals surface area (Å²) in [6.45, 7) is 2.83. The fourth-order valence-electron chi connectivity index (χ4n) is 5.23. The molecule has 2 aromatic heterocycles. The van der Waals surface area contributed by atoms with E-state index in [4.69, 9.17) is 0 Å². The zero-order valence-corrected chi connectivity index (χ0v) is 19.5. The van der Waals surface area contributed by atoms with E-state index in [2.05, 4.69) is 11.4 Å². The summed E-state index contributed by atoms with van der Waals surface area (Å²) in [5, 5.41) is 5.40. The summed E-state index contributed by atoms with van der Waals surface area (Å²) in [6.07, 6.45) is 8.15. The minimum atomic E-state index is -0.948. The van der Waals surface area contributed by atoms with Gasteiger partial charge in [-0.25, -0.2) is 0 Å². The molecule has 1 atom stereocenters. The Morgan fingerprint density at radius 3 is 2.56 bits per heavy atom. The van der Waals surface area contributed by atoms with Crippen LogP contribution in [0, 0.1) is 0 Å². The second-order valence-electron chi connectivity index (χ2n) is 9.45. The van der Waals surface area contributed by atoms with Crippen LogP contribution >= 0.6 is 11.3 Å². The summed E-state index contributed by atoms with van der Waals surface area (Å²) in [5.41, 5.74) is 1.81. The molecule has 1 aliphatic carbocycles. The first kappa shape index (κ1) is 21.3. The highest BCUT2D eigenvalue weighted by Gasteiger charge is 2.48. The number of aromatic nitrogens is 1. The van der Waals surface area contributed by atoms with Gasteiger partial charge in [-0.3, -0.25) is 9.59 Å². The maximum atomic E-state index is 13.8. The average Bonchev–Trinajstić information content (AvgIpc) is 3.36. The maximum Gasteiger partial charge on any atom is 0.271 e. The van der Waals surface area contributed by atoms with Gasteiger partial charge in [-0.05, 0) is 42.8 Å². The van der Waals surface area contributed by atoms with Crippen LogP contribution in [0.2, 0.25) is 0 Å². The topological polar surface area (TPSA) is 54.3 Å². The Morgan fingerprint density at radius 2 is 1.81 bits per heavy atom. The van der Waals surface area contributed by atoms with Gasteiger partial charge in [0, 0.05) is 12.6 Å². The molecule has 1 saturated carbocycles. The molecular formula is C26H31N3O2S. The van der Waals surface area contributed by atoms with Crippen molar-refractivity contribution >= 4 is 33.4 Å². The van der Waals surface area contributed by atoms with Crippen LogP contribution in [0.25, 0.3) is 10.2 Å². The summed E-state index contributed by atoms with van der Waals surface area (Å²) in [5.74, 6) is -0.103. The third kappa shape index (κ3) is 3.85. The first-order chi connectivity index (χ1) is 15.6. The molecule has 5 nitrogen and oxygen atoms in total. The van der Waals surface area contributed by atoms with E-state index in [9.17, 15) is 9.59 Å². The van der Waals surface area contributed by atoms with Crippen LogP contribution < -0.4 is 5.32 Å². The lowest BCUT2D eigenvalue weighted by molar-refractivity contribution is -0.134. The van der Waals surface area contributed by atoms with Crippen molar-refractivity contribution in [2.24, 2.45) is 0 Å². The second kappa shape index (κ2) is 8.74. The molecule has 1 fully saturated rings. The lowest BCUT2D eigenvalue weighted by Crippen LogP contribution is -2.64. The number of nitrogens with zero attached hydrogens (tertiary/aromatic N) is 2. The second-order valence-corrected chi connectivity index (χ2v) is 10.4. The number of benzene rings is 1. The molecule has 2 aliphatic rings. The van der Waals surface area contributed by atoms with E-state index in [1.807, 2.05) is 53.3 Å². The number of thiophene rings is 1. The fourth-order valence-corrected chi connectivity index (χ4v) is 6.05. The normalized spacial score (nSPS) is 22.4. The number of hydrogen-bond donors (Lipinski definition) is 1. The van der Waals surface area contributed by atoms with Crippen LogP contribution in [-0.2, 0) is 17.9 Å². The van der Waals surface area contributed by atoms with Crippen LogP contribution in [0.5, 0.6) is 0 Å². The van der Waals surface area contributed by atoms with E-state index in [1.54, 1.807) is 16.2 Å². The molecule has 32 heavy (non-hydrogen) atoms. The number of rotatable bonds is 4. The van der Waals surface area contributed by atoms with E-state index in [-0.39, 0.29) is 17.9 Å². The van der Waals surface area contributed by atoms with Gasteiger partial charge < -0.3 is 14.8 Å². The van der Waals surface area contributed by atoms with Crippen molar-refractivity contribution in [1.29, 1.82) is 0 Å². The predicted octanol–water partition coefficient (Wildman–Crippen LogP) is 5.35. The van der Waals surface area contributed by atoms with E-state index in [1.165, 1.54) is 19.3 Å². The van der Waals surface area contributed by atoms with Gasteiger partial charge in [-0.2, -0.15) is 0 Å². The SMILES string of the molecule is C[C@@]1(C(=O)NC2CCCCCCC2)Cn2c(cc3sccc32)C(=O)N1Cc1ccccc1.